The number of esters is 1. The average molecular weight is 311 g/mol. The topological polar surface area (TPSA) is 83.9 Å². The quantitative estimate of drug-likeness (QED) is 0.532. The minimum absolute atomic E-state index is 0.102. The highest BCUT2D eigenvalue weighted by Crippen LogP contribution is 2.29. The van der Waals surface area contributed by atoms with Gasteiger partial charge in [0.15, 0.2) is 6.79 Å². The highest BCUT2D eigenvalue weighted by Gasteiger charge is 2.37. The Morgan fingerprint density at radius 3 is 2.35 bits per heavy atom. The van der Waals surface area contributed by atoms with Crippen molar-refractivity contribution in [2.24, 2.45) is 0 Å². The Hall–Kier alpha value is -2.99. The van der Waals surface area contributed by atoms with Gasteiger partial charge in [-0.2, -0.15) is 0 Å². The zero-order chi connectivity index (χ0) is 16.6. The van der Waals surface area contributed by atoms with Crippen LogP contribution in [0.1, 0.15) is 36.6 Å². The van der Waals surface area contributed by atoms with E-state index >= 15 is 0 Å². The molecule has 0 spiro atoms. The third kappa shape index (κ3) is 2.49. The predicted octanol–water partition coefficient (Wildman–Crippen LogP) is 1.90. The van der Waals surface area contributed by atoms with Gasteiger partial charge in [0.25, 0.3) is 11.8 Å². The monoisotopic (exact) mass is 311 g/mol. The number of carbonyl (C=O) groups excluding carboxylic acids is 3. The molecule has 0 unspecified atom stereocenters. The fourth-order valence-electron chi connectivity index (χ4n) is 2.44. The van der Waals surface area contributed by atoms with Gasteiger partial charge in [0.2, 0.25) is 0 Å². The summed E-state index contributed by atoms with van der Waals surface area (Å²) in [5.41, 5.74) is 1.96. The van der Waals surface area contributed by atoms with Crippen molar-refractivity contribution in [1.82, 2.24) is 0 Å². The Morgan fingerprint density at radius 2 is 1.70 bits per heavy atom. The van der Waals surface area contributed by atoms with Crippen molar-refractivity contribution in [3.8, 4) is 0 Å². The summed E-state index contributed by atoms with van der Waals surface area (Å²) in [5, 5.41) is 8.63. The maximum Gasteiger partial charge on any atom is 0.340 e. The van der Waals surface area contributed by atoms with Gasteiger partial charge in [-0.1, -0.05) is 17.7 Å². The minimum atomic E-state index is -0.760. The first kappa shape index (κ1) is 14.9. The molecular weight excluding hydrogens is 298 g/mol. The van der Waals surface area contributed by atoms with Crippen molar-refractivity contribution in [3.05, 3.63) is 64.7 Å². The van der Waals surface area contributed by atoms with Gasteiger partial charge in [-0.25, -0.2) is 9.69 Å². The molecular formula is C17H13NO5. The molecule has 0 aliphatic carbocycles. The molecule has 0 aromatic heterocycles. The number of aliphatic hydroxyl groups is 1. The summed E-state index contributed by atoms with van der Waals surface area (Å²) in [6.07, 6.45) is 0. The lowest BCUT2D eigenvalue weighted by Gasteiger charge is -2.13. The number of fused-ring (bicyclic) bond motifs is 1. The number of benzene rings is 2. The van der Waals surface area contributed by atoms with Gasteiger partial charge >= 0.3 is 5.97 Å². The van der Waals surface area contributed by atoms with E-state index in [1.807, 2.05) is 19.1 Å². The van der Waals surface area contributed by atoms with Crippen LogP contribution in [0.15, 0.2) is 42.5 Å². The van der Waals surface area contributed by atoms with Crippen molar-refractivity contribution in [2.75, 3.05) is 11.7 Å². The number of aryl methyl sites for hydroxylation is 1. The Labute approximate surface area is 131 Å². The number of hydrogen-bond donors (Lipinski definition) is 1. The van der Waals surface area contributed by atoms with Crippen molar-refractivity contribution in [3.63, 3.8) is 0 Å². The van der Waals surface area contributed by atoms with Gasteiger partial charge in [0, 0.05) is 0 Å². The first-order valence-electron chi connectivity index (χ1n) is 6.90. The standard InChI is InChI=1S/C17H13NO5/c1-10-2-5-12(6-3-10)18-15(20)13-7-4-11(17(22)23-9-19)8-14(13)16(18)21/h2-8,19H,9H2,1H3. The fourth-order valence-corrected chi connectivity index (χ4v) is 2.44. The number of hydrogen-bond acceptors (Lipinski definition) is 5. The minimum Gasteiger partial charge on any atom is -0.435 e. The summed E-state index contributed by atoms with van der Waals surface area (Å²) in [7, 11) is 0. The van der Waals surface area contributed by atoms with Crippen molar-refractivity contribution in [2.45, 2.75) is 6.92 Å². The SMILES string of the molecule is Cc1ccc(N2C(=O)c3ccc(C(=O)OCO)cc3C2=O)cc1. The number of imide groups is 1. The molecule has 0 fully saturated rings. The molecule has 116 valence electrons. The van der Waals surface area contributed by atoms with E-state index in [4.69, 9.17) is 5.11 Å². The molecule has 23 heavy (non-hydrogen) atoms. The molecule has 6 nitrogen and oxygen atoms in total. The molecule has 6 heteroatoms. The maximum atomic E-state index is 12.5. The van der Waals surface area contributed by atoms with E-state index in [0.717, 1.165) is 10.5 Å². The third-order valence-corrected chi connectivity index (χ3v) is 3.61. The molecule has 1 aliphatic heterocycles. The van der Waals surface area contributed by atoms with Crippen LogP contribution in [0.25, 0.3) is 0 Å². The highest BCUT2D eigenvalue weighted by atomic mass is 16.6. The van der Waals surface area contributed by atoms with Crippen molar-refractivity contribution >= 4 is 23.5 Å². The summed E-state index contributed by atoms with van der Waals surface area (Å²) in [6.45, 7) is 1.16. The Bertz CT molecular complexity index is 810. The van der Waals surface area contributed by atoms with Gasteiger partial charge < -0.3 is 9.84 Å². The lowest BCUT2D eigenvalue weighted by molar-refractivity contribution is 0.00682. The van der Waals surface area contributed by atoms with Crippen LogP contribution in [-0.4, -0.2) is 29.7 Å². The van der Waals surface area contributed by atoms with Crippen LogP contribution in [0, 0.1) is 6.92 Å². The number of anilines is 1. The van der Waals surface area contributed by atoms with Crippen molar-refractivity contribution in [1.29, 1.82) is 0 Å². The van der Waals surface area contributed by atoms with Gasteiger partial charge in [-0.3, -0.25) is 9.59 Å². The molecule has 0 saturated heterocycles. The van der Waals surface area contributed by atoms with Gasteiger partial charge in [0.1, 0.15) is 0 Å². The van der Waals surface area contributed by atoms with E-state index in [1.54, 1.807) is 12.1 Å². The number of ether oxygens (including phenoxy) is 1. The number of nitrogens with zero attached hydrogens (tertiary/aromatic N) is 1. The maximum absolute atomic E-state index is 12.5. The first-order valence-corrected chi connectivity index (χ1v) is 6.90. The second-order valence-corrected chi connectivity index (χ2v) is 5.10. The van der Waals surface area contributed by atoms with Gasteiger partial charge in [-0.15, -0.1) is 0 Å². The van der Waals surface area contributed by atoms with Crippen LogP contribution in [0.5, 0.6) is 0 Å². The second kappa shape index (κ2) is 5.66. The van der Waals surface area contributed by atoms with E-state index in [0.29, 0.717) is 5.69 Å². The lowest BCUT2D eigenvalue weighted by atomic mass is 10.1. The summed E-state index contributed by atoms with van der Waals surface area (Å²) in [4.78, 5) is 37.7. The summed E-state index contributed by atoms with van der Waals surface area (Å²) >= 11 is 0. The van der Waals surface area contributed by atoms with Crippen LogP contribution >= 0.6 is 0 Å². The van der Waals surface area contributed by atoms with Crippen LogP contribution in [0.4, 0.5) is 5.69 Å². The van der Waals surface area contributed by atoms with E-state index in [9.17, 15) is 14.4 Å². The highest BCUT2D eigenvalue weighted by molar-refractivity contribution is 6.34. The number of rotatable bonds is 3. The summed E-state index contributed by atoms with van der Waals surface area (Å²) in [5.74, 6) is -1.69. The van der Waals surface area contributed by atoms with Crippen LogP contribution in [-0.2, 0) is 4.74 Å². The smallest absolute Gasteiger partial charge is 0.340 e. The zero-order valence-corrected chi connectivity index (χ0v) is 12.3. The van der Waals surface area contributed by atoms with E-state index in [-0.39, 0.29) is 16.7 Å². The molecule has 0 radical (unpaired) electrons. The number of aliphatic hydroxyl groups excluding tert-OH is 1. The lowest BCUT2D eigenvalue weighted by Crippen LogP contribution is -2.29. The Kier molecular flexibility index (Phi) is 3.67. The molecule has 1 heterocycles. The molecule has 1 aliphatic rings. The molecule has 2 aromatic rings. The van der Waals surface area contributed by atoms with Crippen molar-refractivity contribution < 1.29 is 24.2 Å². The van der Waals surface area contributed by atoms with Gasteiger partial charge in [0.05, 0.1) is 22.4 Å². The second-order valence-electron chi connectivity index (χ2n) is 5.10. The summed E-state index contributed by atoms with van der Waals surface area (Å²) in [6, 6.07) is 11.1. The summed E-state index contributed by atoms with van der Waals surface area (Å²) < 4.78 is 4.48. The molecule has 3 rings (SSSR count). The predicted molar refractivity (Wildman–Crippen MR) is 81.3 cm³/mol. The molecule has 0 atom stereocenters. The Morgan fingerprint density at radius 1 is 1.04 bits per heavy atom. The normalized spacial score (nSPS) is 13.2. The Balaban J connectivity index is 2.00. The first-order chi connectivity index (χ1) is 11.0. The largest absolute Gasteiger partial charge is 0.435 e. The van der Waals surface area contributed by atoms with E-state index in [1.165, 1.54) is 18.2 Å². The van der Waals surface area contributed by atoms with E-state index in [2.05, 4.69) is 4.74 Å². The van der Waals surface area contributed by atoms with Crippen LogP contribution in [0.2, 0.25) is 0 Å². The molecule has 1 N–H and O–H groups in total. The molecule has 2 aromatic carbocycles. The van der Waals surface area contributed by atoms with E-state index < -0.39 is 24.6 Å². The zero-order valence-electron chi connectivity index (χ0n) is 12.3. The fraction of sp³-hybridized carbons (Fsp3) is 0.118. The van der Waals surface area contributed by atoms with Gasteiger partial charge in [-0.05, 0) is 37.3 Å². The molecule has 0 bridgehead atoms. The average Bonchev–Trinajstić information content (AvgIpc) is 2.80. The number of amides is 2. The third-order valence-electron chi connectivity index (χ3n) is 3.61. The molecule has 0 saturated carbocycles. The van der Waals surface area contributed by atoms with Crippen LogP contribution in [0.3, 0.4) is 0 Å². The molecule has 2 amide bonds. The number of carbonyl (C=O) groups is 3. The van der Waals surface area contributed by atoms with Crippen LogP contribution < -0.4 is 4.90 Å².